The molecular weight excluding hydrogens is 1010 g/mol. The first-order chi connectivity index (χ1) is 38.8. The highest BCUT2D eigenvalue weighted by molar-refractivity contribution is 5.94. The lowest BCUT2D eigenvalue weighted by molar-refractivity contribution is -0.116. The van der Waals surface area contributed by atoms with Crippen LogP contribution in [0.4, 0.5) is 5.69 Å². The fourth-order valence-electron chi connectivity index (χ4n) is 8.43. The largest absolute Gasteiger partial charge is 0.345 e. The average molecular weight is 1080 g/mol. The fraction of sp³-hybridized carbons (Fsp3) is 0.308. The summed E-state index contributed by atoms with van der Waals surface area (Å²) >= 11 is 0. The van der Waals surface area contributed by atoms with E-state index < -0.39 is 0 Å². The molecule has 1 aliphatic heterocycles. The minimum absolute atomic E-state index is 0.137. The van der Waals surface area contributed by atoms with E-state index >= 15 is 0 Å². The Morgan fingerprint density at radius 1 is 0.444 bits per heavy atom. The van der Waals surface area contributed by atoms with Gasteiger partial charge < -0.3 is 15.3 Å². The Balaban J connectivity index is 0.000000140. The van der Waals surface area contributed by atoms with Gasteiger partial charge in [-0.2, -0.15) is 0 Å². The quantitative estimate of drug-likeness (QED) is 0.141. The van der Waals surface area contributed by atoms with Crippen molar-refractivity contribution in [2.45, 2.75) is 131 Å². The molecule has 81 heavy (non-hydrogen) atoms. The summed E-state index contributed by atoms with van der Waals surface area (Å²) in [7, 11) is 0. The molecule has 0 fully saturated rings. The number of benzene rings is 3. The van der Waals surface area contributed by atoms with Crippen LogP contribution in [0.1, 0.15) is 164 Å². The molecule has 12 rings (SSSR count). The number of carbonyl (C=O) groups is 1. The molecule has 16 nitrogen and oxygen atoms in total. The number of hydrogen-bond acceptors (Lipinski definition) is 13. The van der Waals surface area contributed by atoms with Crippen molar-refractivity contribution in [2.75, 3.05) is 5.32 Å². The summed E-state index contributed by atoms with van der Waals surface area (Å²) in [6, 6.07) is 30.4. The van der Waals surface area contributed by atoms with E-state index in [4.69, 9.17) is 0 Å². The van der Waals surface area contributed by atoms with Crippen LogP contribution in [0.15, 0.2) is 156 Å². The number of hydrogen-bond donors (Lipinski definition) is 3. The number of aromatic amines is 2. The molecule has 11 aromatic rings. The topological polar surface area (TPSA) is 224 Å². The summed E-state index contributed by atoms with van der Waals surface area (Å²) in [6.07, 6.45) is 16.6. The molecule has 3 aromatic carbocycles. The lowest BCUT2D eigenvalue weighted by atomic mass is 9.96. The van der Waals surface area contributed by atoms with Gasteiger partial charge in [0, 0.05) is 77.3 Å². The molecule has 16 heteroatoms. The van der Waals surface area contributed by atoms with Crippen molar-refractivity contribution >= 4 is 66.6 Å². The summed E-state index contributed by atoms with van der Waals surface area (Å²) in [5.74, 6) is 2.93. The number of pyridine rings is 4. The standard InChI is InChI=1S/C12H15NO.2C11H12N2O.C11H12N2.2C10H11N3/c1-8(2)10-4-3-9-5-6-12(14)13-11(9)7-10;1-7(2)8-3-4-9-10(5-8)13-11(14)6-12-9;1-7(2)8-3-4-9-6-12-11(14)13-10(9)5-8;1-8(2)10-6-5-9-4-3-7-12-11(9)13-10;1-7(2)8-5-9-10(13-6-8)12-4-3-11-9;1-7(2)9-10-8(3-4-12-9)5-11-6-13-10/h3-4,7-8H,5-6H2,1-2H3,(H,13,14);3-7H,1-2H3,(H,13,14);3-7H,1-2H3,(H,12,13,14);3-8H,1-2H3;2*3-7H,1-2H3. The molecule has 0 saturated carbocycles. The van der Waals surface area contributed by atoms with E-state index in [2.05, 4.69) is 185 Å². The van der Waals surface area contributed by atoms with Crippen molar-refractivity contribution in [1.29, 1.82) is 0 Å². The molecule has 1 aliphatic rings. The third kappa shape index (κ3) is 16.7. The van der Waals surface area contributed by atoms with E-state index in [0.717, 1.165) is 72.9 Å². The van der Waals surface area contributed by atoms with Crippen LogP contribution in [0, 0.1) is 0 Å². The van der Waals surface area contributed by atoms with Gasteiger partial charge in [0.25, 0.3) is 5.56 Å². The Morgan fingerprint density at radius 3 is 1.85 bits per heavy atom. The second-order valence-electron chi connectivity index (χ2n) is 21.6. The normalized spacial score (nSPS) is 11.8. The molecule has 0 aliphatic carbocycles. The van der Waals surface area contributed by atoms with Gasteiger partial charge in [-0.05, 0) is 130 Å². The molecule has 8 aromatic heterocycles. The van der Waals surface area contributed by atoms with Gasteiger partial charge in [0.1, 0.15) is 11.8 Å². The third-order valence-corrected chi connectivity index (χ3v) is 13.4. The van der Waals surface area contributed by atoms with Crippen molar-refractivity contribution in [1.82, 2.24) is 59.8 Å². The van der Waals surface area contributed by atoms with Crippen molar-refractivity contribution in [3.8, 4) is 0 Å². The highest BCUT2D eigenvalue weighted by Gasteiger charge is 2.15. The molecule has 1 amide bonds. The highest BCUT2D eigenvalue weighted by atomic mass is 16.2. The van der Waals surface area contributed by atoms with E-state index in [0.29, 0.717) is 47.6 Å². The number of fused-ring (bicyclic) bond motifs is 6. The summed E-state index contributed by atoms with van der Waals surface area (Å²) in [5.41, 5.74) is 14.8. The predicted molar refractivity (Wildman–Crippen MR) is 327 cm³/mol. The zero-order valence-corrected chi connectivity index (χ0v) is 48.4. The Hall–Kier alpha value is -9.05. The van der Waals surface area contributed by atoms with Crippen molar-refractivity contribution < 1.29 is 4.79 Å². The number of amides is 1. The maximum Gasteiger partial charge on any atom is 0.345 e. The van der Waals surface area contributed by atoms with E-state index in [1.807, 2.05) is 67.0 Å². The van der Waals surface area contributed by atoms with Gasteiger partial charge in [-0.15, -0.1) is 0 Å². The van der Waals surface area contributed by atoms with Gasteiger partial charge in [-0.1, -0.05) is 113 Å². The molecule has 0 unspecified atom stereocenters. The lowest BCUT2D eigenvalue weighted by Crippen LogP contribution is -2.19. The second kappa shape index (κ2) is 28.2. The molecule has 0 atom stereocenters. The van der Waals surface area contributed by atoms with Crippen molar-refractivity contribution in [3.63, 3.8) is 0 Å². The van der Waals surface area contributed by atoms with Crippen LogP contribution in [-0.2, 0) is 11.2 Å². The average Bonchev–Trinajstić information content (AvgIpc) is 3.50. The Morgan fingerprint density at radius 2 is 1.12 bits per heavy atom. The van der Waals surface area contributed by atoms with Crippen LogP contribution in [-0.4, -0.2) is 65.7 Å². The van der Waals surface area contributed by atoms with Gasteiger partial charge in [0.2, 0.25) is 5.91 Å². The molecule has 0 spiro atoms. The zero-order chi connectivity index (χ0) is 58.2. The molecule has 9 heterocycles. The van der Waals surface area contributed by atoms with Crippen molar-refractivity contribution in [2.24, 2.45) is 0 Å². The second-order valence-corrected chi connectivity index (χ2v) is 21.6. The van der Waals surface area contributed by atoms with Gasteiger partial charge in [-0.25, -0.2) is 44.7 Å². The van der Waals surface area contributed by atoms with Crippen LogP contribution in [0.5, 0.6) is 0 Å². The minimum Gasteiger partial charge on any atom is -0.326 e. The van der Waals surface area contributed by atoms with Crippen LogP contribution in [0.25, 0.3) is 55.0 Å². The Bertz CT molecular complexity index is 3810. The Labute approximate surface area is 472 Å². The number of aromatic nitrogens is 12. The monoisotopic (exact) mass is 1080 g/mol. The smallest absolute Gasteiger partial charge is 0.326 e. The molecular formula is C65H73N13O3. The number of nitrogens with zero attached hydrogens (tertiary/aromatic N) is 10. The SMILES string of the molecule is CC(C)c1ccc2c(c1)NC(=O)CC2.CC(C)c1ccc2cccnc2n1.CC(C)c1ccc2cnc(=O)[nH]c2c1.CC(C)c1ccc2ncc(=O)[nH]c2c1.CC(C)c1cnc2nccnc2c1.CC(C)c1nccc2cncnc12. The van der Waals surface area contributed by atoms with E-state index in [1.54, 1.807) is 37.3 Å². The van der Waals surface area contributed by atoms with Gasteiger partial charge in [-0.3, -0.25) is 19.6 Å². The number of H-pyrrole nitrogens is 2. The van der Waals surface area contributed by atoms with Crippen LogP contribution >= 0.6 is 0 Å². The van der Waals surface area contributed by atoms with E-state index in [-0.39, 0.29) is 17.2 Å². The number of rotatable bonds is 6. The van der Waals surface area contributed by atoms with Gasteiger partial charge >= 0.3 is 5.69 Å². The first kappa shape index (κ1) is 59.6. The zero-order valence-electron chi connectivity index (χ0n) is 48.4. The summed E-state index contributed by atoms with van der Waals surface area (Å²) in [5, 5.41) is 6.04. The molecule has 0 bridgehead atoms. The highest BCUT2D eigenvalue weighted by Crippen LogP contribution is 2.27. The van der Waals surface area contributed by atoms with E-state index in [1.165, 1.54) is 34.0 Å². The van der Waals surface area contributed by atoms with Crippen molar-refractivity contribution in [3.05, 3.63) is 207 Å². The summed E-state index contributed by atoms with van der Waals surface area (Å²) in [4.78, 5) is 80.2. The first-order valence-electron chi connectivity index (χ1n) is 27.6. The lowest BCUT2D eigenvalue weighted by Gasteiger charge is -2.18. The maximum atomic E-state index is 11.2. The first-order valence-corrected chi connectivity index (χ1v) is 27.6. The number of anilines is 1. The van der Waals surface area contributed by atoms with E-state index in [9.17, 15) is 14.4 Å². The predicted octanol–water partition coefficient (Wildman–Crippen LogP) is 13.8. The van der Waals surface area contributed by atoms with Crippen LogP contribution < -0.4 is 16.6 Å². The molecule has 416 valence electrons. The molecule has 0 radical (unpaired) electrons. The summed E-state index contributed by atoms with van der Waals surface area (Å²) in [6.45, 7) is 25.6. The number of carbonyl (C=O) groups excluding carboxylic acids is 1. The maximum absolute atomic E-state index is 11.2. The molecule has 3 N–H and O–H groups in total. The summed E-state index contributed by atoms with van der Waals surface area (Å²) < 4.78 is 0. The number of aryl methyl sites for hydroxylation is 1. The molecule has 0 saturated heterocycles. The number of nitrogens with one attached hydrogen (secondary N) is 3. The van der Waals surface area contributed by atoms with Gasteiger partial charge in [0.05, 0.1) is 34.0 Å². The van der Waals surface area contributed by atoms with Crippen LogP contribution in [0.2, 0.25) is 0 Å². The van der Waals surface area contributed by atoms with Crippen LogP contribution in [0.3, 0.4) is 0 Å². The fourth-order valence-corrected chi connectivity index (χ4v) is 8.43. The Kier molecular flexibility index (Phi) is 20.8. The van der Waals surface area contributed by atoms with Gasteiger partial charge in [0.15, 0.2) is 11.3 Å². The third-order valence-electron chi connectivity index (χ3n) is 13.4. The minimum atomic E-state index is -0.293.